The maximum Gasteiger partial charge on any atom is 0.224 e. The van der Waals surface area contributed by atoms with Crippen molar-refractivity contribution < 1.29 is 0 Å². The van der Waals surface area contributed by atoms with Crippen molar-refractivity contribution in [3.05, 3.63) is 18.1 Å². The van der Waals surface area contributed by atoms with Gasteiger partial charge in [0, 0.05) is 14.1 Å². The Bertz CT molecular complexity index is 756. The molecule has 9 heteroatoms. The molecule has 3 aromatic rings. The highest BCUT2D eigenvalue weighted by atomic mass is 15.4. The standard InChI is InChI=1S/C11H15N9/c1-6(8-5-13-18-19(8)2)15-9-7-4-14-20(3)10(7)17-11(12)16-9/h4-6H,1-3H3,(H3,12,15,16,17)/t6-/m1/s1. The van der Waals surface area contributed by atoms with Gasteiger partial charge in [-0.15, -0.1) is 5.10 Å². The summed E-state index contributed by atoms with van der Waals surface area (Å²) in [5, 5.41) is 16.1. The van der Waals surface area contributed by atoms with Crippen molar-refractivity contribution in [3.63, 3.8) is 0 Å². The zero-order valence-electron chi connectivity index (χ0n) is 11.4. The van der Waals surface area contributed by atoms with Crippen LogP contribution in [0, 0.1) is 0 Å². The van der Waals surface area contributed by atoms with Crippen molar-refractivity contribution in [3.8, 4) is 0 Å². The zero-order valence-corrected chi connectivity index (χ0v) is 11.4. The molecule has 20 heavy (non-hydrogen) atoms. The molecule has 0 fully saturated rings. The van der Waals surface area contributed by atoms with Crippen LogP contribution < -0.4 is 11.1 Å². The molecule has 3 N–H and O–H groups in total. The molecule has 0 radical (unpaired) electrons. The van der Waals surface area contributed by atoms with Gasteiger partial charge in [0.25, 0.3) is 0 Å². The molecular formula is C11H15N9. The lowest BCUT2D eigenvalue weighted by Crippen LogP contribution is -2.13. The van der Waals surface area contributed by atoms with Gasteiger partial charge in [0.1, 0.15) is 5.82 Å². The van der Waals surface area contributed by atoms with Gasteiger partial charge in [-0.1, -0.05) is 5.21 Å². The van der Waals surface area contributed by atoms with Crippen molar-refractivity contribution in [1.29, 1.82) is 0 Å². The first-order valence-electron chi connectivity index (χ1n) is 6.12. The Morgan fingerprint density at radius 3 is 2.70 bits per heavy atom. The van der Waals surface area contributed by atoms with Crippen molar-refractivity contribution >= 4 is 22.8 Å². The van der Waals surface area contributed by atoms with Crippen LogP contribution >= 0.6 is 0 Å². The van der Waals surface area contributed by atoms with E-state index < -0.39 is 0 Å². The minimum Gasteiger partial charge on any atom is -0.368 e. The molecule has 0 bridgehead atoms. The predicted molar refractivity (Wildman–Crippen MR) is 73.8 cm³/mol. The summed E-state index contributed by atoms with van der Waals surface area (Å²) in [6, 6.07) is -0.0206. The van der Waals surface area contributed by atoms with E-state index in [-0.39, 0.29) is 12.0 Å². The molecule has 9 nitrogen and oxygen atoms in total. The Morgan fingerprint density at radius 1 is 1.20 bits per heavy atom. The van der Waals surface area contributed by atoms with E-state index in [9.17, 15) is 0 Å². The lowest BCUT2D eigenvalue weighted by atomic mass is 10.2. The molecule has 0 spiro atoms. The van der Waals surface area contributed by atoms with Crippen LogP contribution in [0.5, 0.6) is 0 Å². The minimum atomic E-state index is -0.0206. The van der Waals surface area contributed by atoms with Crippen LogP contribution in [-0.4, -0.2) is 34.7 Å². The fourth-order valence-electron chi connectivity index (χ4n) is 2.12. The van der Waals surface area contributed by atoms with Gasteiger partial charge in [-0.05, 0) is 6.92 Å². The van der Waals surface area contributed by atoms with Crippen LogP contribution in [0.15, 0.2) is 12.4 Å². The SMILES string of the molecule is C[C@@H](Nc1nc(N)nc2c1cnn2C)c1cnnn1C. The number of nitrogens with zero attached hydrogens (tertiary/aromatic N) is 7. The van der Waals surface area contributed by atoms with Gasteiger partial charge in [0.05, 0.1) is 29.5 Å². The fourth-order valence-corrected chi connectivity index (χ4v) is 2.12. The summed E-state index contributed by atoms with van der Waals surface area (Å²) in [6.45, 7) is 2.00. The number of nitrogens with one attached hydrogen (secondary N) is 1. The van der Waals surface area contributed by atoms with E-state index in [1.807, 2.05) is 21.0 Å². The number of anilines is 2. The highest BCUT2D eigenvalue weighted by Crippen LogP contribution is 2.24. The summed E-state index contributed by atoms with van der Waals surface area (Å²) < 4.78 is 3.37. The van der Waals surface area contributed by atoms with Crippen LogP contribution in [0.1, 0.15) is 18.7 Å². The number of aryl methyl sites for hydroxylation is 2. The Balaban J connectivity index is 2.00. The average molecular weight is 273 g/mol. The average Bonchev–Trinajstić information content (AvgIpc) is 2.97. The summed E-state index contributed by atoms with van der Waals surface area (Å²) in [6.07, 6.45) is 3.42. The Morgan fingerprint density at radius 2 is 2.00 bits per heavy atom. The van der Waals surface area contributed by atoms with E-state index in [4.69, 9.17) is 5.73 Å². The molecule has 0 aliphatic rings. The highest BCUT2D eigenvalue weighted by Gasteiger charge is 2.15. The van der Waals surface area contributed by atoms with Crippen LogP contribution in [0.4, 0.5) is 11.8 Å². The van der Waals surface area contributed by atoms with Gasteiger partial charge in [0.15, 0.2) is 5.65 Å². The van der Waals surface area contributed by atoms with E-state index >= 15 is 0 Å². The van der Waals surface area contributed by atoms with Crippen LogP contribution in [0.2, 0.25) is 0 Å². The monoisotopic (exact) mass is 273 g/mol. The normalized spacial score (nSPS) is 12.8. The number of nitrogens with two attached hydrogens (primary N) is 1. The number of fused-ring (bicyclic) bond motifs is 1. The Kier molecular flexibility index (Phi) is 2.74. The zero-order chi connectivity index (χ0) is 14.3. The molecule has 3 aromatic heterocycles. The topological polar surface area (TPSA) is 112 Å². The van der Waals surface area contributed by atoms with Crippen LogP contribution in [0.25, 0.3) is 11.0 Å². The number of nitrogen functional groups attached to an aromatic ring is 1. The first kappa shape index (κ1) is 12.3. The van der Waals surface area contributed by atoms with E-state index in [0.29, 0.717) is 11.5 Å². The second kappa shape index (κ2) is 4.44. The third kappa shape index (κ3) is 1.92. The predicted octanol–water partition coefficient (Wildman–Crippen LogP) is 0.247. The quantitative estimate of drug-likeness (QED) is 0.703. The van der Waals surface area contributed by atoms with Gasteiger partial charge < -0.3 is 11.1 Å². The molecule has 0 amide bonds. The first-order valence-corrected chi connectivity index (χ1v) is 6.12. The molecule has 104 valence electrons. The van der Waals surface area contributed by atoms with Gasteiger partial charge in [-0.2, -0.15) is 15.1 Å². The van der Waals surface area contributed by atoms with Crippen molar-refractivity contribution in [1.82, 2.24) is 34.7 Å². The molecule has 0 aliphatic heterocycles. The summed E-state index contributed by atoms with van der Waals surface area (Å²) in [5.74, 6) is 0.855. The third-order valence-corrected chi connectivity index (χ3v) is 3.16. The van der Waals surface area contributed by atoms with E-state index in [1.54, 1.807) is 21.8 Å². The highest BCUT2D eigenvalue weighted by molar-refractivity contribution is 5.87. The molecule has 3 heterocycles. The van der Waals surface area contributed by atoms with E-state index in [1.165, 1.54) is 0 Å². The first-order chi connectivity index (χ1) is 9.56. The molecule has 0 aromatic carbocycles. The number of hydrogen-bond acceptors (Lipinski definition) is 7. The lowest BCUT2D eigenvalue weighted by Gasteiger charge is -2.14. The second-order valence-electron chi connectivity index (χ2n) is 4.58. The molecular weight excluding hydrogens is 258 g/mol. The minimum absolute atomic E-state index is 0.0206. The fraction of sp³-hybridized carbons (Fsp3) is 0.364. The largest absolute Gasteiger partial charge is 0.368 e. The van der Waals surface area contributed by atoms with Crippen LogP contribution in [-0.2, 0) is 14.1 Å². The summed E-state index contributed by atoms with van der Waals surface area (Å²) in [5.41, 5.74) is 7.38. The summed E-state index contributed by atoms with van der Waals surface area (Å²) >= 11 is 0. The smallest absolute Gasteiger partial charge is 0.224 e. The van der Waals surface area contributed by atoms with Crippen LogP contribution in [0.3, 0.4) is 0 Å². The Labute approximate surface area is 114 Å². The van der Waals surface area contributed by atoms with Gasteiger partial charge in [-0.3, -0.25) is 9.36 Å². The number of hydrogen-bond donors (Lipinski definition) is 2. The maximum atomic E-state index is 5.74. The maximum absolute atomic E-state index is 5.74. The van der Waals surface area contributed by atoms with E-state index in [0.717, 1.165) is 11.1 Å². The van der Waals surface area contributed by atoms with Crippen molar-refractivity contribution in [2.24, 2.45) is 14.1 Å². The van der Waals surface area contributed by atoms with Gasteiger partial charge >= 0.3 is 0 Å². The molecule has 1 atom stereocenters. The molecule has 0 unspecified atom stereocenters. The van der Waals surface area contributed by atoms with Crippen molar-refractivity contribution in [2.75, 3.05) is 11.1 Å². The summed E-state index contributed by atoms with van der Waals surface area (Å²) in [4.78, 5) is 8.43. The number of rotatable bonds is 3. The van der Waals surface area contributed by atoms with E-state index in [2.05, 4.69) is 30.7 Å². The van der Waals surface area contributed by atoms with Gasteiger partial charge in [0.2, 0.25) is 5.95 Å². The summed E-state index contributed by atoms with van der Waals surface area (Å²) in [7, 11) is 3.65. The molecule has 3 rings (SSSR count). The molecule has 0 saturated heterocycles. The lowest BCUT2D eigenvalue weighted by molar-refractivity contribution is 0.652. The van der Waals surface area contributed by atoms with Gasteiger partial charge in [-0.25, -0.2) is 0 Å². The second-order valence-corrected chi connectivity index (χ2v) is 4.58. The number of aromatic nitrogens is 7. The molecule has 0 saturated carbocycles. The third-order valence-electron chi connectivity index (χ3n) is 3.16. The van der Waals surface area contributed by atoms with Crippen molar-refractivity contribution in [2.45, 2.75) is 13.0 Å². The Hall–Kier alpha value is -2.71. The molecule has 0 aliphatic carbocycles.